The molecule has 0 aromatic carbocycles. The van der Waals surface area contributed by atoms with Gasteiger partial charge in [-0.3, -0.25) is 9.79 Å². The van der Waals surface area contributed by atoms with E-state index in [9.17, 15) is 4.79 Å². The van der Waals surface area contributed by atoms with Crippen LogP contribution in [0.5, 0.6) is 0 Å². The molecule has 0 radical (unpaired) electrons. The highest BCUT2D eigenvalue weighted by Gasteiger charge is 2.23. The van der Waals surface area contributed by atoms with Gasteiger partial charge in [0.15, 0.2) is 5.78 Å². The summed E-state index contributed by atoms with van der Waals surface area (Å²) in [4.78, 5) is 15.4. The Hall–Kier alpha value is -1.18. The van der Waals surface area contributed by atoms with Crippen molar-refractivity contribution in [2.75, 3.05) is 0 Å². The van der Waals surface area contributed by atoms with E-state index in [-0.39, 0.29) is 11.7 Å². The van der Waals surface area contributed by atoms with Crippen molar-refractivity contribution in [3.8, 4) is 0 Å². The van der Waals surface area contributed by atoms with Crippen molar-refractivity contribution in [2.24, 2.45) is 10.9 Å². The Kier molecular flexibility index (Phi) is 1.46. The fourth-order valence-corrected chi connectivity index (χ4v) is 1.45. The Morgan fingerprint density at radius 2 is 2.45 bits per heavy atom. The maximum Gasteiger partial charge on any atom is 0.164 e. The van der Waals surface area contributed by atoms with E-state index in [4.69, 9.17) is 0 Å². The topological polar surface area (TPSA) is 29.4 Å². The molecular weight excluding hydrogens is 138 g/mol. The van der Waals surface area contributed by atoms with Crippen molar-refractivity contribution in [1.82, 2.24) is 0 Å². The van der Waals surface area contributed by atoms with E-state index in [2.05, 4.69) is 4.99 Å². The van der Waals surface area contributed by atoms with Crippen LogP contribution in [0.4, 0.5) is 0 Å². The van der Waals surface area contributed by atoms with E-state index >= 15 is 0 Å². The lowest BCUT2D eigenvalue weighted by Crippen LogP contribution is -2.19. The Bertz CT molecular complexity index is 273. The first kappa shape index (κ1) is 6.53. The van der Waals surface area contributed by atoms with Crippen molar-refractivity contribution < 1.29 is 4.79 Å². The van der Waals surface area contributed by atoms with Crippen LogP contribution >= 0.6 is 0 Å². The number of aliphatic imine (C=N–C) groups is 1. The third-order valence-corrected chi connectivity index (χ3v) is 2.05. The van der Waals surface area contributed by atoms with Crippen LogP contribution in [0.15, 0.2) is 28.9 Å². The summed E-state index contributed by atoms with van der Waals surface area (Å²) in [6, 6.07) is 0. The first-order valence-corrected chi connectivity index (χ1v) is 3.82. The van der Waals surface area contributed by atoms with E-state index in [0.717, 1.165) is 18.5 Å². The number of nitrogens with zero attached hydrogens (tertiary/aromatic N) is 1. The van der Waals surface area contributed by atoms with Gasteiger partial charge in [0.05, 0.1) is 11.6 Å². The summed E-state index contributed by atoms with van der Waals surface area (Å²) in [6.07, 6.45) is 9.07. The van der Waals surface area contributed by atoms with Crippen LogP contribution in [-0.2, 0) is 4.79 Å². The summed E-state index contributed by atoms with van der Waals surface area (Å²) in [6.45, 7) is 0. The Morgan fingerprint density at radius 3 is 3.27 bits per heavy atom. The molecule has 0 bridgehead atoms. The maximum absolute atomic E-state index is 11.2. The molecule has 1 heterocycles. The quantitative estimate of drug-likeness (QED) is 0.510. The van der Waals surface area contributed by atoms with Gasteiger partial charge in [0.1, 0.15) is 0 Å². The highest BCUT2D eigenvalue weighted by molar-refractivity contribution is 5.96. The highest BCUT2D eigenvalue weighted by atomic mass is 16.1. The monoisotopic (exact) mass is 147 g/mol. The number of rotatable bonds is 0. The third-order valence-electron chi connectivity index (χ3n) is 2.05. The molecular formula is C9H9NO. The van der Waals surface area contributed by atoms with E-state index in [0.29, 0.717) is 0 Å². The zero-order chi connectivity index (χ0) is 7.68. The second-order valence-corrected chi connectivity index (χ2v) is 2.79. The summed E-state index contributed by atoms with van der Waals surface area (Å²) in [5.74, 6) is 0.268. The fraction of sp³-hybridized carbons (Fsp3) is 0.333. The molecule has 1 aliphatic carbocycles. The van der Waals surface area contributed by atoms with Crippen LogP contribution in [0.1, 0.15) is 12.8 Å². The summed E-state index contributed by atoms with van der Waals surface area (Å²) >= 11 is 0. The molecule has 0 aromatic rings. The molecule has 2 rings (SSSR count). The molecule has 0 saturated heterocycles. The lowest BCUT2D eigenvalue weighted by atomic mass is 9.90. The first-order valence-electron chi connectivity index (χ1n) is 3.82. The van der Waals surface area contributed by atoms with Gasteiger partial charge < -0.3 is 0 Å². The van der Waals surface area contributed by atoms with Gasteiger partial charge in [-0.2, -0.15) is 0 Å². The van der Waals surface area contributed by atoms with Crippen molar-refractivity contribution in [1.29, 1.82) is 0 Å². The average Bonchev–Trinajstić information content (AvgIpc) is 2.06. The lowest BCUT2D eigenvalue weighted by Gasteiger charge is -2.19. The van der Waals surface area contributed by atoms with E-state index in [1.165, 1.54) is 0 Å². The SMILES string of the molecule is O=C1C=CC=C2N=CCCC12. The molecule has 0 fully saturated rings. The second-order valence-electron chi connectivity index (χ2n) is 2.79. The molecule has 2 heteroatoms. The second kappa shape index (κ2) is 2.46. The minimum Gasteiger partial charge on any atom is -0.294 e. The first-order chi connectivity index (χ1) is 5.38. The van der Waals surface area contributed by atoms with E-state index in [1.54, 1.807) is 12.2 Å². The summed E-state index contributed by atoms with van der Waals surface area (Å²) in [5, 5.41) is 0. The van der Waals surface area contributed by atoms with Gasteiger partial charge in [-0.15, -0.1) is 0 Å². The van der Waals surface area contributed by atoms with Crippen molar-refractivity contribution >= 4 is 12.0 Å². The molecule has 0 N–H and O–H groups in total. The molecule has 0 aromatic heterocycles. The average molecular weight is 147 g/mol. The zero-order valence-electron chi connectivity index (χ0n) is 6.16. The van der Waals surface area contributed by atoms with Gasteiger partial charge in [0.25, 0.3) is 0 Å². The number of carbonyl (C=O) groups excluding carboxylic acids is 1. The van der Waals surface area contributed by atoms with Gasteiger partial charge in [0.2, 0.25) is 0 Å². The van der Waals surface area contributed by atoms with Gasteiger partial charge in [-0.1, -0.05) is 6.08 Å². The smallest absolute Gasteiger partial charge is 0.164 e. The molecule has 0 saturated carbocycles. The molecule has 0 spiro atoms. The van der Waals surface area contributed by atoms with Crippen LogP contribution in [0.3, 0.4) is 0 Å². The molecule has 1 atom stereocenters. The Morgan fingerprint density at radius 1 is 1.55 bits per heavy atom. The summed E-state index contributed by atoms with van der Waals surface area (Å²) < 4.78 is 0. The number of ketones is 1. The number of allylic oxidation sites excluding steroid dienone is 4. The minimum absolute atomic E-state index is 0.0602. The Balaban J connectivity index is 2.36. The third kappa shape index (κ3) is 1.04. The fourth-order valence-electron chi connectivity index (χ4n) is 1.45. The van der Waals surface area contributed by atoms with Gasteiger partial charge >= 0.3 is 0 Å². The molecule has 1 unspecified atom stereocenters. The standard InChI is InChI=1S/C9H9NO/c11-9-5-1-4-8-7(9)3-2-6-10-8/h1,4-7H,2-3H2. The van der Waals surface area contributed by atoms with Crippen LogP contribution in [0, 0.1) is 5.92 Å². The van der Waals surface area contributed by atoms with Crippen molar-refractivity contribution in [2.45, 2.75) is 12.8 Å². The van der Waals surface area contributed by atoms with E-state index in [1.807, 2.05) is 12.3 Å². The minimum atomic E-state index is 0.0602. The van der Waals surface area contributed by atoms with Gasteiger partial charge in [-0.05, 0) is 25.0 Å². The van der Waals surface area contributed by atoms with Gasteiger partial charge in [-0.25, -0.2) is 0 Å². The molecule has 0 amide bonds. The summed E-state index contributed by atoms with van der Waals surface area (Å²) in [5.41, 5.74) is 0.934. The number of carbonyl (C=O) groups is 1. The van der Waals surface area contributed by atoms with Crippen LogP contribution in [0.25, 0.3) is 0 Å². The molecule has 1 aliphatic heterocycles. The number of fused-ring (bicyclic) bond motifs is 1. The highest BCUT2D eigenvalue weighted by Crippen LogP contribution is 2.25. The molecule has 2 aliphatic rings. The largest absolute Gasteiger partial charge is 0.294 e. The molecule has 2 nitrogen and oxygen atoms in total. The van der Waals surface area contributed by atoms with Crippen LogP contribution in [-0.4, -0.2) is 12.0 Å². The van der Waals surface area contributed by atoms with Crippen LogP contribution < -0.4 is 0 Å². The van der Waals surface area contributed by atoms with Gasteiger partial charge in [0, 0.05) is 6.21 Å². The molecule has 11 heavy (non-hydrogen) atoms. The normalized spacial score (nSPS) is 28.2. The summed E-state index contributed by atoms with van der Waals surface area (Å²) in [7, 11) is 0. The maximum atomic E-state index is 11.2. The number of hydrogen-bond donors (Lipinski definition) is 0. The van der Waals surface area contributed by atoms with Crippen molar-refractivity contribution in [3.63, 3.8) is 0 Å². The zero-order valence-corrected chi connectivity index (χ0v) is 6.16. The lowest BCUT2D eigenvalue weighted by molar-refractivity contribution is -0.117. The molecule has 56 valence electrons. The van der Waals surface area contributed by atoms with Crippen LogP contribution in [0.2, 0.25) is 0 Å². The predicted molar refractivity (Wildman–Crippen MR) is 43.4 cm³/mol. The number of hydrogen-bond acceptors (Lipinski definition) is 2. The predicted octanol–water partition coefficient (Wildman–Crippen LogP) is 1.49. The Labute approximate surface area is 65.3 Å². The van der Waals surface area contributed by atoms with Crippen molar-refractivity contribution in [3.05, 3.63) is 23.9 Å². The van der Waals surface area contributed by atoms with E-state index < -0.39 is 0 Å².